The van der Waals surface area contributed by atoms with Crippen molar-refractivity contribution < 1.29 is 13.2 Å². The Balaban J connectivity index is 1.24. The Bertz CT molecular complexity index is 1300. The topological polar surface area (TPSA) is 92.3 Å². The Kier molecular flexibility index (Phi) is 6.92. The normalized spacial score (nSPS) is 19.1. The summed E-state index contributed by atoms with van der Waals surface area (Å²) in [5.41, 5.74) is 1.94. The summed E-state index contributed by atoms with van der Waals surface area (Å²) in [6.45, 7) is 3.43. The van der Waals surface area contributed by atoms with Crippen LogP contribution < -0.4 is 5.32 Å². The number of nitrogens with one attached hydrogen (secondary N) is 1. The summed E-state index contributed by atoms with van der Waals surface area (Å²) < 4.78 is 27.2. The molecule has 2 aliphatic rings. The van der Waals surface area contributed by atoms with Gasteiger partial charge < -0.3 is 5.32 Å². The molecule has 2 aromatic heterocycles. The third-order valence-electron chi connectivity index (χ3n) is 6.49. The fourth-order valence-electron chi connectivity index (χ4n) is 4.65. The largest absolute Gasteiger partial charge is 0.325 e. The van der Waals surface area contributed by atoms with E-state index in [9.17, 15) is 13.2 Å². The van der Waals surface area contributed by atoms with Crippen molar-refractivity contribution in [3.63, 3.8) is 0 Å². The molecule has 34 heavy (non-hydrogen) atoms. The molecule has 180 valence electrons. The molecular weight excluding hydrogens is 488 g/mol. The number of amides is 1. The molecule has 1 aromatic carbocycles. The van der Waals surface area contributed by atoms with Crippen LogP contribution in [-0.4, -0.2) is 47.4 Å². The number of carbonyl (C=O) groups excluding carboxylic acids is 1. The Hall–Kier alpha value is -2.01. The summed E-state index contributed by atoms with van der Waals surface area (Å²) in [7, 11) is -3.48. The summed E-state index contributed by atoms with van der Waals surface area (Å²) in [6.07, 6.45) is 7.75. The van der Waals surface area contributed by atoms with E-state index in [2.05, 4.69) is 22.2 Å². The third-order valence-corrected chi connectivity index (χ3v) is 10.6. The number of nitrogens with zero attached hydrogens (tertiary/aromatic N) is 3. The zero-order valence-corrected chi connectivity index (χ0v) is 21.6. The van der Waals surface area contributed by atoms with Crippen LogP contribution in [0.2, 0.25) is 0 Å². The zero-order chi connectivity index (χ0) is 23.7. The molecule has 7 nitrogen and oxygen atoms in total. The number of thioether (sulfide) groups is 1. The smallest absolute Gasteiger partial charge is 0.243 e. The van der Waals surface area contributed by atoms with E-state index in [4.69, 9.17) is 0 Å². The summed E-state index contributed by atoms with van der Waals surface area (Å²) in [5, 5.41) is 4.84. The van der Waals surface area contributed by atoms with Crippen molar-refractivity contribution in [1.29, 1.82) is 0 Å². The van der Waals surface area contributed by atoms with Crippen molar-refractivity contribution in [2.24, 2.45) is 5.92 Å². The van der Waals surface area contributed by atoms with Crippen molar-refractivity contribution >= 4 is 54.9 Å². The van der Waals surface area contributed by atoms with Gasteiger partial charge in [0, 0.05) is 29.0 Å². The molecule has 5 rings (SSSR count). The molecule has 0 spiro atoms. The Morgan fingerprint density at radius 1 is 1.18 bits per heavy atom. The standard InChI is InChI=1S/C24H28N4O3S3/c1-16-5-10-19-20(13-16)33-24-22(19)23(25-15-26-24)32-14-21(29)27-17-6-8-18(9-7-17)34(30,31)28-11-3-2-4-12-28/h6-9,15-16H,2-5,10-14H2,1H3,(H,27,29)/t16-/m1/s1. The van der Waals surface area contributed by atoms with Gasteiger partial charge in [-0.1, -0.05) is 25.1 Å². The summed E-state index contributed by atoms with van der Waals surface area (Å²) in [5.74, 6) is 0.763. The molecule has 1 aliphatic heterocycles. The van der Waals surface area contributed by atoms with Gasteiger partial charge in [0.25, 0.3) is 0 Å². The first-order valence-electron chi connectivity index (χ1n) is 11.7. The van der Waals surface area contributed by atoms with Crippen LogP contribution in [0.4, 0.5) is 5.69 Å². The molecule has 1 N–H and O–H groups in total. The Morgan fingerprint density at radius 2 is 1.94 bits per heavy atom. The highest BCUT2D eigenvalue weighted by atomic mass is 32.2. The van der Waals surface area contributed by atoms with E-state index in [-0.39, 0.29) is 16.6 Å². The second kappa shape index (κ2) is 9.93. The Labute approximate surface area is 208 Å². The molecule has 1 fully saturated rings. The van der Waals surface area contributed by atoms with Crippen LogP contribution in [0, 0.1) is 5.92 Å². The van der Waals surface area contributed by atoms with Crippen LogP contribution in [0.25, 0.3) is 10.2 Å². The quantitative estimate of drug-likeness (QED) is 0.376. The molecule has 0 unspecified atom stereocenters. The molecule has 3 aromatic rings. The van der Waals surface area contributed by atoms with E-state index in [1.807, 2.05) is 0 Å². The number of sulfonamides is 1. The predicted molar refractivity (Wildman–Crippen MR) is 137 cm³/mol. The second-order valence-corrected chi connectivity index (χ2v) is 13.0. The lowest BCUT2D eigenvalue weighted by molar-refractivity contribution is -0.113. The van der Waals surface area contributed by atoms with Crippen molar-refractivity contribution in [2.75, 3.05) is 24.2 Å². The zero-order valence-electron chi connectivity index (χ0n) is 19.1. The number of hydrogen-bond donors (Lipinski definition) is 1. The highest BCUT2D eigenvalue weighted by molar-refractivity contribution is 8.00. The minimum absolute atomic E-state index is 0.152. The lowest BCUT2D eigenvalue weighted by Gasteiger charge is -2.25. The maximum Gasteiger partial charge on any atom is 0.243 e. The van der Waals surface area contributed by atoms with Gasteiger partial charge in [-0.15, -0.1) is 11.3 Å². The van der Waals surface area contributed by atoms with Gasteiger partial charge in [-0.05, 0) is 67.9 Å². The van der Waals surface area contributed by atoms with E-state index in [0.717, 1.165) is 47.3 Å². The van der Waals surface area contributed by atoms with Crippen LogP contribution >= 0.6 is 23.1 Å². The lowest BCUT2D eigenvalue weighted by atomic mass is 9.89. The molecule has 0 saturated carbocycles. The maximum atomic E-state index is 12.8. The number of aromatic nitrogens is 2. The molecule has 0 bridgehead atoms. The minimum Gasteiger partial charge on any atom is -0.325 e. The van der Waals surface area contributed by atoms with Crippen molar-refractivity contribution in [1.82, 2.24) is 14.3 Å². The number of carbonyl (C=O) groups is 1. The van der Waals surface area contributed by atoms with E-state index in [0.29, 0.717) is 24.7 Å². The third kappa shape index (κ3) is 4.86. The molecule has 10 heteroatoms. The molecule has 0 radical (unpaired) electrons. The van der Waals surface area contributed by atoms with Gasteiger partial charge in [0.2, 0.25) is 15.9 Å². The summed E-state index contributed by atoms with van der Waals surface area (Å²) >= 11 is 3.17. The first kappa shape index (κ1) is 23.7. The van der Waals surface area contributed by atoms with Gasteiger partial charge in [0.05, 0.1) is 10.6 Å². The van der Waals surface area contributed by atoms with Crippen LogP contribution in [0.5, 0.6) is 0 Å². The average Bonchev–Trinajstić information content (AvgIpc) is 3.21. The predicted octanol–water partition coefficient (Wildman–Crippen LogP) is 4.72. The molecule has 1 atom stereocenters. The fraction of sp³-hybridized carbons (Fsp3) is 0.458. The van der Waals surface area contributed by atoms with Crippen molar-refractivity contribution in [3.8, 4) is 0 Å². The number of piperidine rings is 1. The van der Waals surface area contributed by atoms with Gasteiger partial charge in [0.1, 0.15) is 16.2 Å². The first-order valence-corrected chi connectivity index (χ1v) is 14.9. The number of hydrogen-bond acceptors (Lipinski definition) is 7. The van der Waals surface area contributed by atoms with E-state index in [1.54, 1.807) is 46.2 Å². The molecule has 1 aliphatic carbocycles. The first-order chi connectivity index (χ1) is 16.4. The van der Waals surface area contributed by atoms with Gasteiger partial charge in [-0.3, -0.25) is 4.79 Å². The highest BCUT2D eigenvalue weighted by Crippen LogP contribution is 2.40. The highest BCUT2D eigenvalue weighted by Gasteiger charge is 2.26. The molecule has 1 saturated heterocycles. The lowest BCUT2D eigenvalue weighted by Crippen LogP contribution is -2.35. The fourth-order valence-corrected chi connectivity index (χ4v) is 8.41. The van der Waals surface area contributed by atoms with Crippen LogP contribution in [0.3, 0.4) is 0 Å². The van der Waals surface area contributed by atoms with Gasteiger partial charge in [-0.2, -0.15) is 4.31 Å². The van der Waals surface area contributed by atoms with E-state index in [1.165, 1.54) is 28.6 Å². The number of benzene rings is 1. The van der Waals surface area contributed by atoms with Gasteiger partial charge >= 0.3 is 0 Å². The van der Waals surface area contributed by atoms with Crippen LogP contribution in [-0.2, 0) is 27.7 Å². The van der Waals surface area contributed by atoms with Crippen molar-refractivity contribution in [3.05, 3.63) is 41.0 Å². The van der Waals surface area contributed by atoms with Gasteiger partial charge in [0.15, 0.2) is 0 Å². The summed E-state index contributed by atoms with van der Waals surface area (Å²) in [6, 6.07) is 6.44. The van der Waals surface area contributed by atoms with Crippen LogP contribution in [0.15, 0.2) is 40.5 Å². The SMILES string of the molecule is C[C@@H]1CCc2c(sc3ncnc(SCC(=O)Nc4ccc(S(=O)(=O)N5CCCCC5)cc4)c23)C1. The minimum atomic E-state index is -3.48. The second-order valence-electron chi connectivity index (χ2n) is 9.04. The number of anilines is 1. The van der Waals surface area contributed by atoms with E-state index >= 15 is 0 Å². The Morgan fingerprint density at radius 3 is 2.71 bits per heavy atom. The number of fused-ring (bicyclic) bond motifs is 3. The molecular formula is C24H28N4O3S3. The number of aryl methyl sites for hydroxylation is 1. The number of rotatable bonds is 6. The average molecular weight is 517 g/mol. The van der Waals surface area contributed by atoms with Crippen molar-refractivity contribution in [2.45, 2.75) is 55.4 Å². The van der Waals surface area contributed by atoms with E-state index < -0.39 is 10.0 Å². The molecule has 3 heterocycles. The van der Waals surface area contributed by atoms with Gasteiger partial charge in [-0.25, -0.2) is 18.4 Å². The summed E-state index contributed by atoms with van der Waals surface area (Å²) in [4.78, 5) is 24.2. The van der Waals surface area contributed by atoms with Crippen LogP contribution in [0.1, 0.15) is 43.0 Å². The number of thiophene rings is 1. The monoisotopic (exact) mass is 516 g/mol. The molecule has 1 amide bonds. The maximum absolute atomic E-state index is 12.8.